The normalized spacial score (nSPS) is 11.1. The lowest BCUT2D eigenvalue weighted by Crippen LogP contribution is -1.93. The van der Waals surface area contributed by atoms with Gasteiger partial charge in [-0.1, -0.05) is 12.1 Å². The first-order valence-corrected chi connectivity index (χ1v) is 5.33. The van der Waals surface area contributed by atoms with Gasteiger partial charge in [0.25, 0.3) is 0 Å². The van der Waals surface area contributed by atoms with Crippen molar-refractivity contribution in [2.24, 2.45) is 0 Å². The molecule has 0 unspecified atom stereocenters. The van der Waals surface area contributed by atoms with Crippen LogP contribution >= 0.6 is 0 Å². The summed E-state index contributed by atoms with van der Waals surface area (Å²) in [4.78, 5) is 19.2. The van der Waals surface area contributed by atoms with Gasteiger partial charge >= 0.3 is 0 Å². The van der Waals surface area contributed by atoms with Gasteiger partial charge in [-0.15, -0.1) is 5.10 Å². The SMILES string of the molecule is Cc1cccc2c1ncn1nc(CC=O)nc21. The van der Waals surface area contributed by atoms with Crippen molar-refractivity contribution in [3.63, 3.8) is 0 Å². The Bertz CT molecular complexity index is 717. The topological polar surface area (TPSA) is 60.2 Å². The van der Waals surface area contributed by atoms with Gasteiger partial charge in [-0.25, -0.2) is 14.5 Å². The predicted octanol–water partition coefficient (Wildman–Crippen LogP) is 1.33. The van der Waals surface area contributed by atoms with Gasteiger partial charge in [-0.3, -0.25) is 0 Å². The van der Waals surface area contributed by atoms with Crippen molar-refractivity contribution in [1.82, 2.24) is 19.6 Å². The van der Waals surface area contributed by atoms with E-state index >= 15 is 0 Å². The van der Waals surface area contributed by atoms with E-state index in [0.717, 1.165) is 28.4 Å². The monoisotopic (exact) mass is 226 g/mol. The maximum Gasteiger partial charge on any atom is 0.166 e. The fourth-order valence-corrected chi connectivity index (χ4v) is 1.92. The summed E-state index contributed by atoms with van der Waals surface area (Å²) >= 11 is 0. The minimum absolute atomic E-state index is 0.231. The Labute approximate surface area is 97.1 Å². The van der Waals surface area contributed by atoms with Crippen LogP contribution in [0.15, 0.2) is 24.5 Å². The maximum absolute atomic E-state index is 10.5. The first kappa shape index (κ1) is 9.89. The Balaban J connectivity index is 2.38. The van der Waals surface area contributed by atoms with Crippen molar-refractivity contribution in [2.45, 2.75) is 13.3 Å². The van der Waals surface area contributed by atoms with Crippen LogP contribution in [0.25, 0.3) is 16.6 Å². The number of rotatable bonds is 2. The number of para-hydroxylation sites is 1. The van der Waals surface area contributed by atoms with Gasteiger partial charge in [0.15, 0.2) is 11.5 Å². The minimum atomic E-state index is 0.231. The highest BCUT2D eigenvalue weighted by Crippen LogP contribution is 2.19. The number of fused-ring (bicyclic) bond motifs is 3. The molecule has 2 heterocycles. The second-order valence-corrected chi connectivity index (χ2v) is 3.88. The average molecular weight is 226 g/mol. The fourth-order valence-electron chi connectivity index (χ4n) is 1.92. The molecular weight excluding hydrogens is 216 g/mol. The van der Waals surface area contributed by atoms with E-state index in [0.29, 0.717) is 5.82 Å². The number of carbonyl (C=O) groups is 1. The number of aldehydes is 1. The maximum atomic E-state index is 10.5. The van der Waals surface area contributed by atoms with Gasteiger partial charge < -0.3 is 4.79 Å². The Morgan fingerprint density at radius 2 is 2.29 bits per heavy atom. The van der Waals surface area contributed by atoms with Crippen LogP contribution < -0.4 is 0 Å². The summed E-state index contributed by atoms with van der Waals surface area (Å²) in [6.07, 6.45) is 2.66. The first-order chi connectivity index (χ1) is 8.29. The molecule has 0 aliphatic carbocycles. The van der Waals surface area contributed by atoms with E-state index in [4.69, 9.17) is 0 Å². The third-order valence-electron chi connectivity index (χ3n) is 2.72. The summed E-state index contributed by atoms with van der Waals surface area (Å²) in [7, 11) is 0. The number of nitrogens with zero attached hydrogens (tertiary/aromatic N) is 4. The lowest BCUT2D eigenvalue weighted by Gasteiger charge is -2.00. The van der Waals surface area contributed by atoms with Gasteiger partial charge in [0.2, 0.25) is 0 Å². The summed E-state index contributed by atoms with van der Waals surface area (Å²) in [5.74, 6) is 0.524. The fraction of sp³-hybridized carbons (Fsp3) is 0.167. The zero-order valence-electron chi connectivity index (χ0n) is 9.29. The molecule has 0 saturated heterocycles. The quantitative estimate of drug-likeness (QED) is 0.618. The number of hydrogen-bond donors (Lipinski definition) is 0. The Morgan fingerprint density at radius 1 is 1.41 bits per heavy atom. The van der Waals surface area contributed by atoms with Crippen molar-refractivity contribution >= 4 is 22.8 Å². The number of hydrogen-bond acceptors (Lipinski definition) is 4. The van der Waals surface area contributed by atoms with Gasteiger partial charge in [-0.05, 0) is 18.6 Å². The lowest BCUT2D eigenvalue weighted by atomic mass is 10.1. The van der Waals surface area contributed by atoms with Crippen LogP contribution in [0, 0.1) is 6.92 Å². The van der Waals surface area contributed by atoms with Crippen LogP contribution in [0.2, 0.25) is 0 Å². The molecule has 3 rings (SSSR count). The molecule has 0 aliphatic rings. The first-order valence-electron chi connectivity index (χ1n) is 5.33. The van der Waals surface area contributed by atoms with Crippen molar-refractivity contribution in [2.75, 3.05) is 0 Å². The van der Waals surface area contributed by atoms with Crippen LogP contribution in [0.4, 0.5) is 0 Å². The molecule has 3 aromatic rings. The predicted molar refractivity (Wildman–Crippen MR) is 62.8 cm³/mol. The van der Waals surface area contributed by atoms with Crippen molar-refractivity contribution in [3.8, 4) is 0 Å². The van der Waals surface area contributed by atoms with Gasteiger partial charge in [-0.2, -0.15) is 0 Å². The van der Waals surface area contributed by atoms with E-state index < -0.39 is 0 Å². The van der Waals surface area contributed by atoms with E-state index in [-0.39, 0.29) is 6.42 Å². The molecule has 0 aliphatic heterocycles. The summed E-state index contributed by atoms with van der Waals surface area (Å²) in [6, 6.07) is 5.94. The van der Waals surface area contributed by atoms with Crippen LogP contribution in [-0.2, 0) is 11.2 Å². The molecule has 0 amide bonds. The third-order valence-corrected chi connectivity index (χ3v) is 2.72. The summed E-state index contributed by atoms with van der Waals surface area (Å²) in [6.45, 7) is 2.01. The molecule has 0 fully saturated rings. The second kappa shape index (κ2) is 3.62. The molecule has 84 valence electrons. The van der Waals surface area contributed by atoms with Crippen molar-refractivity contribution < 1.29 is 4.79 Å². The molecule has 2 aromatic heterocycles. The highest BCUT2D eigenvalue weighted by molar-refractivity contribution is 5.92. The summed E-state index contributed by atoms with van der Waals surface area (Å²) < 4.78 is 1.61. The summed E-state index contributed by atoms with van der Waals surface area (Å²) in [5, 5.41) is 5.15. The standard InChI is InChI=1S/C12H10N4O/c1-8-3-2-4-9-11(8)13-7-16-12(9)14-10(15-16)5-6-17/h2-4,6-7H,5H2,1H3. The largest absolute Gasteiger partial charge is 0.303 e. The number of aromatic nitrogens is 4. The molecule has 0 radical (unpaired) electrons. The lowest BCUT2D eigenvalue weighted by molar-refractivity contribution is -0.107. The van der Waals surface area contributed by atoms with Crippen molar-refractivity contribution in [3.05, 3.63) is 35.9 Å². The number of benzene rings is 1. The second-order valence-electron chi connectivity index (χ2n) is 3.88. The highest BCUT2D eigenvalue weighted by atomic mass is 16.1. The molecule has 5 heteroatoms. The summed E-state index contributed by atoms with van der Waals surface area (Å²) in [5.41, 5.74) is 2.77. The molecule has 0 N–H and O–H groups in total. The van der Waals surface area contributed by atoms with Crippen LogP contribution in [0.1, 0.15) is 11.4 Å². The molecular formula is C12H10N4O. The van der Waals surface area contributed by atoms with Crippen LogP contribution in [0.5, 0.6) is 0 Å². The zero-order valence-corrected chi connectivity index (χ0v) is 9.29. The molecule has 5 nitrogen and oxygen atoms in total. The number of carbonyl (C=O) groups excluding carboxylic acids is 1. The molecule has 0 saturated carbocycles. The van der Waals surface area contributed by atoms with E-state index in [1.54, 1.807) is 10.8 Å². The van der Waals surface area contributed by atoms with E-state index in [1.165, 1.54) is 0 Å². The molecule has 1 aromatic carbocycles. The van der Waals surface area contributed by atoms with Crippen LogP contribution in [0.3, 0.4) is 0 Å². The average Bonchev–Trinajstić information content (AvgIpc) is 2.73. The van der Waals surface area contributed by atoms with E-state index in [2.05, 4.69) is 15.1 Å². The van der Waals surface area contributed by atoms with Crippen molar-refractivity contribution in [1.29, 1.82) is 0 Å². The minimum Gasteiger partial charge on any atom is -0.303 e. The molecule has 17 heavy (non-hydrogen) atoms. The highest BCUT2D eigenvalue weighted by Gasteiger charge is 2.08. The van der Waals surface area contributed by atoms with Gasteiger partial charge in [0.05, 0.1) is 11.9 Å². The molecule has 0 bridgehead atoms. The van der Waals surface area contributed by atoms with E-state index in [1.807, 2.05) is 25.1 Å². The molecule has 0 atom stereocenters. The number of aryl methyl sites for hydroxylation is 1. The third kappa shape index (κ3) is 1.47. The Hall–Kier alpha value is -2.30. The van der Waals surface area contributed by atoms with Crippen LogP contribution in [-0.4, -0.2) is 25.9 Å². The zero-order chi connectivity index (χ0) is 11.8. The Kier molecular flexibility index (Phi) is 2.11. The van der Waals surface area contributed by atoms with Gasteiger partial charge in [0, 0.05) is 5.39 Å². The van der Waals surface area contributed by atoms with Gasteiger partial charge in [0.1, 0.15) is 12.6 Å². The van der Waals surface area contributed by atoms with E-state index in [9.17, 15) is 4.79 Å². The smallest absolute Gasteiger partial charge is 0.166 e. The Morgan fingerprint density at radius 3 is 3.12 bits per heavy atom. The molecule has 0 spiro atoms.